The Balaban J connectivity index is 2.19. The van der Waals surface area contributed by atoms with Gasteiger partial charge in [-0.1, -0.05) is 0 Å². The van der Waals surface area contributed by atoms with Crippen LogP contribution in [0.1, 0.15) is 13.8 Å². The predicted molar refractivity (Wildman–Crippen MR) is 66.0 cm³/mol. The van der Waals surface area contributed by atoms with Crippen molar-refractivity contribution in [2.75, 3.05) is 5.32 Å². The Kier molecular flexibility index (Phi) is 3.35. The quantitative estimate of drug-likeness (QED) is 0.371. The van der Waals surface area contributed by atoms with E-state index in [1.54, 1.807) is 0 Å². The van der Waals surface area contributed by atoms with Crippen LogP contribution in [-0.2, 0) is 19.1 Å². The highest BCUT2D eigenvalue weighted by atomic mass is 19.1. The number of carbonyl (C=O) groups excluding carboxylic acids is 2. The number of phenolic OH excluding ortho intramolecular Hbond substituents is 1. The molecule has 1 aliphatic rings. The van der Waals surface area contributed by atoms with E-state index in [4.69, 9.17) is 14.6 Å². The van der Waals surface area contributed by atoms with Crippen molar-refractivity contribution in [1.29, 1.82) is 0 Å². The van der Waals surface area contributed by atoms with Gasteiger partial charge in [0.05, 0.1) is 5.69 Å². The predicted octanol–water partition coefficient (Wildman–Crippen LogP) is 1.66. The molecule has 0 aliphatic carbocycles. The molecule has 6 nitrogen and oxygen atoms in total. The Labute approximate surface area is 113 Å². The van der Waals surface area contributed by atoms with Crippen molar-refractivity contribution in [3.8, 4) is 5.75 Å². The third kappa shape index (κ3) is 2.87. The summed E-state index contributed by atoms with van der Waals surface area (Å²) in [6.07, 6.45) is 0.995. The topological polar surface area (TPSA) is 84.9 Å². The molecule has 1 aliphatic heterocycles. The van der Waals surface area contributed by atoms with Crippen LogP contribution in [0.4, 0.5) is 10.1 Å². The van der Waals surface area contributed by atoms with Crippen LogP contribution in [0, 0.1) is 5.82 Å². The molecule has 0 radical (unpaired) electrons. The highest BCUT2D eigenvalue weighted by molar-refractivity contribution is 6.15. The third-order valence-electron chi connectivity index (χ3n) is 2.44. The highest BCUT2D eigenvalue weighted by Gasteiger charge is 2.38. The SMILES string of the molecule is CC1(C)OC(=O)C(=CNc2ccc(O)cc2F)C(=O)O1. The van der Waals surface area contributed by atoms with Crippen molar-refractivity contribution in [1.82, 2.24) is 0 Å². The summed E-state index contributed by atoms with van der Waals surface area (Å²) in [4.78, 5) is 23.2. The summed E-state index contributed by atoms with van der Waals surface area (Å²) in [6.45, 7) is 2.85. The molecule has 1 fully saturated rings. The Hall–Kier alpha value is -2.57. The number of ether oxygens (including phenoxy) is 2. The Bertz CT molecular complexity index is 587. The normalized spacial score (nSPS) is 17.2. The third-order valence-corrected chi connectivity index (χ3v) is 2.44. The van der Waals surface area contributed by atoms with Gasteiger partial charge in [-0.2, -0.15) is 0 Å². The first-order valence-electron chi connectivity index (χ1n) is 5.70. The number of hydrogen-bond donors (Lipinski definition) is 2. The highest BCUT2D eigenvalue weighted by Crippen LogP contribution is 2.24. The lowest BCUT2D eigenvalue weighted by molar-refractivity contribution is -0.222. The number of nitrogens with one attached hydrogen (secondary N) is 1. The molecule has 20 heavy (non-hydrogen) atoms. The number of carbonyl (C=O) groups is 2. The van der Waals surface area contributed by atoms with Gasteiger partial charge in [-0.15, -0.1) is 0 Å². The maximum atomic E-state index is 13.4. The molecule has 2 N–H and O–H groups in total. The molecular weight excluding hydrogens is 269 g/mol. The Morgan fingerprint density at radius 2 is 1.85 bits per heavy atom. The van der Waals surface area contributed by atoms with E-state index in [9.17, 15) is 14.0 Å². The summed E-state index contributed by atoms with van der Waals surface area (Å²) >= 11 is 0. The molecular formula is C13H12FNO5. The standard InChI is InChI=1S/C13H12FNO5/c1-13(2)19-11(17)8(12(18)20-13)6-15-10-4-3-7(16)5-9(10)14/h3-6,15-16H,1-2H3. The van der Waals surface area contributed by atoms with Crippen LogP contribution in [0.25, 0.3) is 0 Å². The van der Waals surface area contributed by atoms with Crippen LogP contribution >= 0.6 is 0 Å². The lowest BCUT2D eigenvalue weighted by Crippen LogP contribution is -2.42. The van der Waals surface area contributed by atoms with Gasteiger partial charge in [-0.05, 0) is 12.1 Å². The fourth-order valence-corrected chi connectivity index (χ4v) is 1.55. The number of halogens is 1. The maximum Gasteiger partial charge on any atom is 0.350 e. The van der Waals surface area contributed by atoms with Crippen molar-refractivity contribution in [3.63, 3.8) is 0 Å². The molecule has 2 rings (SSSR count). The van der Waals surface area contributed by atoms with Crippen LogP contribution < -0.4 is 5.32 Å². The second-order valence-corrected chi connectivity index (χ2v) is 4.55. The van der Waals surface area contributed by atoms with Gasteiger partial charge in [0.25, 0.3) is 5.79 Å². The minimum Gasteiger partial charge on any atom is -0.508 e. The van der Waals surface area contributed by atoms with Gasteiger partial charge < -0.3 is 19.9 Å². The van der Waals surface area contributed by atoms with E-state index in [1.807, 2.05) is 0 Å². The Morgan fingerprint density at radius 3 is 2.40 bits per heavy atom. The van der Waals surface area contributed by atoms with Crippen molar-refractivity contribution in [2.24, 2.45) is 0 Å². The molecule has 1 aromatic carbocycles. The second-order valence-electron chi connectivity index (χ2n) is 4.55. The molecule has 1 heterocycles. The molecule has 106 valence electrons. The molecule has 0 bridgehead atoms. The maximum absolute atomic E-state index is 13.4. The van der Waals surface area contributed by atoms with Gasteiger partial charge in [0.1, 0.15) is 11.6 Å². The smallest absolute Gasteiger partial charge is 0.350 e. The number of phenols is 1. The Morgan fingerprint density at radius 1 is 1.25 bits per heavy atom. The molecule has 1 saturated heterocycles. The van der Waals surface area contributed by atoms with Gasteiger partial charge in [0.2, 0.25) is 0 Å². The van der Waals surface area contributed by atoms with Crippen LogP contribution in [0.15, 0.2) is 30.0 Å². The number of hydrogen-bond acceptors (Lipinski definition) is 6. The molecule has 0 spiro atoms. The van der Waals surface area contributed by atoms with E-state index in [-0.39, 0.29) is 17.0 Å². The van der Waals surface area contributed by atoms with Crippen molar-refractivity contribution in [3.05, 3.63) is 35.8 Å². The van der Waals surface area contributed by atoms with E-state index in [0.717, 1.165) is 12.3 Å². The number of aromatic hydroxyl groups is 1. The molecule has 0 unspecified atom stereocenters. The van der Waals surface area contributed by atoms with Crippen molar-refractivity contribution < 1.29 is 28.6 Å². The molecule has 1 aromatic rings. The van der Waals surface area contributed by atoms with E-state index in [1.165, 1.54) is 26.0 Å². The number of anilines is 1. The summed E-state index contributed by atoms with van der Waals surface area (Å²) < 4.78 is 23.2. The van der Waals surface area contributed by atoms with Gasteiger partial charge in [-0.25, -0.2) is 14.0 Å². The molecule has 7 heteroatoms. The fourth-order valence-electron chi connectivity index (χ4n) is 1.55. The van der Waals surface area contributed by atoms with Crippen molar-refractivity contribution >= 4 is 17.6 Å². The van der Waals surface area contributed by atoms with E-state index in [2.05, 4.69) is 5.32 Å². The van der Waals surface area contributed by atoms with Gasteiger partial charge in [-0.3, -0.25) is 0 Å². The van der Waals surface area contributed by atoms with Crippen LogP contribution in [0.2, 0.25) is 0 Å². The van der Waals surface area contributed by atoms with Gasteiger partial charge >= 0.3 is 11.9 Å². The zero-order valence-corrected chi connectivity index (χ0v) is 10.8. The molecule has 0 atom stereocenters. The summed E-state index contributed by atoms with van der Waals surface area (Å²) in [5, 5.41) is 11.5. The van der Waals surface area contributed by atoms with Crippen molar-refractivity contribution in [2.45, 2.75) is 19.6 Å². The average Bonchev–Trinajstić information content (AvgIpc) is 2.28. The molecule has 0 saturated carbocycles. The van der Waals surface area contributed by atoms with Crippen LogP contribution in [-0.4, -0.2) is 22.8 Å². The first kappa shape index (κ1) is 13.9. The minimum absolute atomic E-state index is 0.0132. The number of cyclic esters (lactones) is 2. The number of rotatable bonds is 2. The van der Waals surface area contributed by atoms with Crippen LogP contribution in [0.3, 0.4) is 0 Å². The largest absolute Gasteiger partial charge is 0.508 e. The number of esters is 2. The van der Waals surface area contributed by atoms with E-state index < -0.39 is 23.5 Å². The minimum atomic E-state index is -1.32. The zero-order chi connectivity index (χ0) is 14.9. The average molecular weight is 281 g/mol. The summed E-state index contributed by atoms with van der Waals surface area (Å²) in [7, 11) is 0. The monoisotopic (exact) mass is 281 g/mol. The fraction of sp³-hybridized carbons (Fsp3) is 0.231. The van der Waals surface area contributed by atoms with Gasteiger partial charge in [0, 0.05) is 26.1 Å². The lowest BCUT2D eigenvalue weighted by atomic mass is 10.2. The van der Waals surface area contributed by atoms with Crippen LogP contribution in [0.5, 0.6) is 5.75 Å². The molecule has 0 aromatic heterocycles. The van der Waals surface area contributed by atoms with Gasteiger partial charge in [0.15, 0.2) is 5.57 Å². The first-order valence-corrected chi connectivity index (χ1v) is 5.70. The zero-order valence-electron chi connectivity index (χ0n) is 10.8. The second kappa shape index (κ2) is 4.84. The summed E-state index contributed by atoms with van der Waals surface area (Å²) in [6, 6.07) is 3.40. The summed E-state index contributed by atoms with van der Waals surface area (Å²) in [5.74, 6) is -4.02. The van der Waals surface area contributed by atoms with E-state index >= 15 is 0 Å². The summed E-state index contributed by atoms with van der Waals surface area (Å²) in [5.41, 5.74) is -0.391. The first-order chi connectivity index (χ1) is 9.28. The number of benzene rings is 1. The van der Waals surface area contributed by atoms with E-state index in [0.29, 0.717) is 0 Å². The molecule has 0 amide bonds. The lowest BCUT2D eigenvalue weighted by Gasteiger charge is -2.29.